The molecule has 2 unspecified atom stereocenters. The predicted molar refractivity (Wildman–Crippen MR) is 115 cm³/mol. The fourth-order valence-electron chi connectivity index (χ4n) is 3.18. The number of hydrogen-bond donors (Lipinski definition) is 3. The van der Waals surface area contributed by atoms with Gasteiger partial charge in [0.1, 0.15) is 11.9 Å². The van der Waals surface area contributed by atoms with E-state index in [9.17, 15) is 22.4 Å². The molecule has 4 N–H and O–H groups in total. The zero-order valence-electron chi connectivity index (χ0n) is 16.5. The first-order valence-electron chi connectivity index (χ1n) is 8.90. The molecule has 2 aromatic heterocycles. The number of hydrogen-bond acceptors (Lipinski definition) is 7. The highest BCUT2D eigenvalue weighted by atomic mass is 79.9. The van der Waals surface area contributed by atoms with Crippen molar-refractivity contribution < 1.29 is 22.0 Å². The average molecular weight is 549 g/mol. The molecule has 0 spiro atoms. The van der Waals surface area contributed by atoms with E-state index in [1.54, 1.807) is 6.92 Å². The van der Waals surface area contributed by atoms with Gasteiger partial charge >= 0.3 is 5.76 Å². The fraction of sp³-hybridized carbons (Fsp3) is 0.222. The zero-order valence-corrected chi connectivity index (χ0v) is 19.7. The molecule has 2 heterocycles. The molecular weight excluding hydrogens is 533 g/mol. The van der Waals surface area contributed by atoms with Crippen molar-refractivity contribution in [3.8, 4) is 0 Å². The number of amides is 1. The average Bonchev–Trinajstić information content (AvgIpc) is 3.15. The number of halogens is 3. The number of rotatable bonds is 7. The third-order valence-corrected chi connectivity index (χ3v) is 7.16. The Morgan fingerprint density at radius 1 is 1.41 bits per heavy atom. The number of aromatic amines is 1. The first-order chi connectivity index (χ1) is 14.9. The second kappa shape index (κ2) is 9.10. The standard InChI is InChI=1S/C18H16BrClFN5O5S/c1-7-11(19)3-4-12(21)13(7)8(2)14(16-24-25-18(28)31-16)26-32(29,30)17-10(15(22)27)5-9(20)6-23-17/h3-6,8,14,26H,1-2H3,(H2,22,27)(H,25,28). The maximum absolute atomic E-state index is 14.7. The Morgan fingerprint density at radius 3 is 2.69 bits per heavy atom. The van der Waals surface area contributed by atoms with Crippen LogP contribution in [0.3, 0.4) is 0 Å². The van der Waals surface area contributed by atoms with E-state index in [0.29, 0.717) is 10.0 Å². The molecular formula is C18H16BrClFN5O5S. The Hall–Kier alpha value is -2.61. The summed E-state index contributed by atoms with van der Waals surface area (Å²) >= 11 is 9.11. The van der Waals surface area contributed by atoms with Gasteiger partial charge in [0.25, 0.3) is 15.9 Å². The molecule has 14 heteroatoms. The number of nitrogens with zero attached hydrogens (tertiary/aromatic N) is 2. The molecule has 0 saturated carbocycles. The summed E-state index contributed by atoms with van der Waals surface area (Å²) < 4.78 is 48.9. The minimum Gasteiger partial charge on any atom is -0.391 e. The number of carbonyl (C=O) groups is 1. The summed E-state index contributed by atoms with van der Waals surface area (Å²) in [6.07, 6.45) is 1.02. The number of benzene rings is 1. The Morgan fingerprint density at radius 2 is 2.09 bits per heavy atom. The number of carbonyl (C=O) groups excluding carboxylic acids is 1. The van der Waals surface area contributed by atoms with Crippen LogP contribution in [0.1, 0.15) is 46.3 Å². The highest BCUT2D eigenvalue weighted by molar-refractivity contribution is 9.10. The van der Waals surface area contributed by atoms with Crippen LogP contribution in [0.5, 0.6) is 0 Å². The van der Waals surface area contributed by atoms with Gasteiger partial charge in [0, 0.05) is 16.6 Å². The number of nitrogens with two attached hydrogens (primary N) is 1. The minimum absolute atomic E-state index is 0.00667. The molecule has 0 saturated heterocycles. The summed E-state index contributed by atoms with van der Waals surface area (Å²) in [6.45, 7) is 3.15. The number of pyridine rings is 1. The lowest BCUT2D eigenvalue weighted by Crippen LogP contribution is -2.34. The van der Waals surface area contributed by atoms with Crippen LogP contribution in [0.25, 0.3) is 0 Å². The Kier molecular flexibility index (Phi) is 6.83. The van der Waals surface area contributed by atoms with E-state index in [1.807, 2.05) is 5.10 Å². The van der Waals surface area contributed by atoms with Crippen molar-refractivity contribution in [3.05, 3.63) is 72.8 Å². The quantitative estimate of drug-likeness (QED) is 0.409. The van der Waals surface area contributed by atoms with Crippen molar-refractivity contribution in [2.24, 2.45) is 5.73 Å². The molecule has 0 fully saturated rings. The van der Waals surface area contributed by atoms with E-state index in [-0.39, 0.29) is 16.5 Å². The van der Waals surface area contributed by atoms with Gasteiger partial charge in [-0.1, -0.05) is 34.5 Å². The Balaban J connectivity index is 2.14. The molecule has 0 bridgehead atoms. The molecule has 0 radical (unpaired) electrons. The van der Waals surface area contributed by atoms with E-state index in [4.69, 9.17) is 21.8 Å². The van der Waals surface area contributed by atoms with E-state index in [2.05, 4.69) is 30.7 Å². The zero-order chi connectivity index (χ0) is 23.8. The third kappa shape index (κ3) is 4.75. The summed E-state index contributed by atoms with van der Waals surface area (Å²) in [4.78, 5) is 27.0. The van der Waals surface area contributed by atoms with Gasteiger partial charge in [-0.25, -0.2) is 27.7 Å². The maximum Gasteiger partial charge on any atom is 0.434 e. The van der Waals surface area contributed by atoms with Gasteiger partial charge in [-0.3, -0.25) is 4.79 Å². The molecule has 32 heavy (non-hydrogen) atoms. The molecule has 1 aromatic carbocycles. The number of primary amides is 1. The number of aromatic nitrogens is 3. The Labute approximate surface area is 194 Å². The number of nitrogens with one attached hydrogen (secondary N) is 2. The molecule has 3 aromatic rings. The lowest BCUT2D eigenvalue weighted by atomic mass is 9.90. The van der Waals surface area contributed by atoms with Gasteiger partial charge in [0.05, 0.1) is 10.6 Å². The second-order valence-corrected chi connectivity index (χ2v) is 9.70. The van der Waals surface area contributed by atoms with Crippen LogP contribution in [0.4, 0.5) is 4.39 Å². The van der Waals surface area contributed by atoms with Crippen molar-refractivity contribution >= 4 is 43.5 Å². The molecule has 0 aliphatic rings. The lowest BCUT2D eigenvalue weighted by molar-refractivity contribution is 0.0996. The normalized spacial score (nSPS) is 13.7. The van der Waals surface area contributed by atoms with Gasteiger partial charge in [0.2, 0.25) is 5.89 Å². The summed E-state index contributed by atoms with van der Waals surface area (Å²) in [5.74, 6) is -3.89. The third-order valence-electron chi connectivity index (χ3n) is 4.69. The highest BCUT2D eigenvalue weighted by Gasteiger charge is 2.35. The van der Waals surface area contributed by atoms with Crippen LogP contribution >= 0.6 is 27.5 Å². The maximum atomic E-state index is 14.7. The number of sulfonamides is 1. The monoisotopic (exact) mass is 547 g/mol. The van der Waals surface area contributed by atoms with Gasteiger partial charge in [-0.15, -0.1) is 5.10 Å². The summed E-state index contributed by atoms with van der Waals surface area (Å²) in [5.41, 5.74) is 5.47. The largest absolute Gasteiger partial charge is 0.434 e. The van der Waals surface area contributed by atoms with Gasteiger partial charge < -0.3 is 10.2 Å². The van der Waals surface area contributed by atoms with E-state index < -0.39 is 50.1 Å². The fourth-order valence-corrected chi connectivity index (χ4v) is 5.07. The molecule has 0 aliphatic carbocycles. The van der Waals surface area contributed by atoms with Gasteiger partial charge in [-0.05, 0) is 36.2 Å². The van der Waals surface area contributed by atoms with Crippen LogP contribution in [-0.4, -0.2) is 29.5 Å². The topological polar surface area (TPSA) is 161 Å². The van der Waals surface area contributed by atoms with Crippen molar-refractivity contribution in [3.63, 3.8) is 0 Å². The van der Waals surface area contributed by atoms with Crippen LogP contribution in [0.15, 0.2) is 43.1 Å². The van der Waals surface area contributed by atoms with E-state index in [0.717, 1.165) is 12.3 Å². The molecule has 3 rings (SSSR count). The van der Waals surface area contributed by atoms with Crippen molar-refractivity contribution in [1.82, 2.24) is 19.9 Å². The van der Waals surface area contributed by atoms with E-state index in [1.165, 1.54) is 19.1 Å². The smallest absolute Gasteiger partial charge is 0.391 e. The Bertz CT molecular complexity index is 1360. The van der Waals surface area contributed by atoms with Crippen LogP contribution in [0.2, 0.25) is 5.02 Å². The van der Waals surface area contributed by atoms with E-state index >= 15 is 0 Å². The second-order valence-electron chi connectivity index (χ2n) is 6.78. The van der Waals surface area contributed by atoms with Gasteiger partial charge in [0.15, 0.2) is 5.03 Å². The summed E-state index contributed by atoms with van der Waals surface area (Å²) in [6, 6.07) is 2.41. The van der Waals surface area contributed by atoms with Crippen molar-refractivity contribution in [2.75, 3.05) is 0 Å². The first-order valence-corrected chi connectivity index (χ1v) is 11.6. The van der Waals surface area contributed by atoms with Crippen molar-refractivity contribution in [2.45, 2.75) is 30.8 Å². The van der Waals surface area contributed by atoms with Crippen LogP contribution in [0, 0.1) is 12.7 Å². The molecule has 10 nitrogen and oxygen atoms in total. The van der Waals surface area contributed by atoms with Crippen LogP contribution < -0.4 is 16.2 Å². The SMILES string of the molecule is Cc1c(Br)ccc(F)c1C(C)C(NS(=O)(=O)c1ncc(Cl)cc1C(N)=O)c1n[nH]c(=O)o1. The minimum atomic E-state index is -4.55. The molecule has 170 valence electrons. The first kappa shape index (κ1) is 24.0. The highest BCUT2D eigenvalue weighted by Crippen LogP contribution is 2.36. The predicted octanol–water partition coefficient (Wildman–Crippen LogP) is 2.54. The molecule has 0 aliphatic heterocycles. The summed E-state index contributed by atoms with van der Waals surface area (Å²) in [7, 11) is -4.55. The molecule has 2 atom stereocenters. The summed E-state index contributed by atoms with van der Waals surface area (Å²) in [5, 5.41) is 5.03. The lowest BCUT2D eigenvalue weighted by Gasteiger charge is -2.24. The van der Waals surface area contributed by atoms with Crippen molar-refractivity contribution in [1.29, 1.82) is 0 Å². The number of H-pyrrole nitrogens is 1. The van der Waals surface area contributed by atoms with Crippen LogP contribution in [-0.2, 0) is 10.0 Å². The van der Waals surface area contributed by atoms with Gasteiger partial charge in [-0.2, -0.15) is 4.72 Å². The molecule has 1 amide bonds.